The van der Waals surface area contributed by atoms with Crippen molar-refractivity contribution in [3.8, 4) is 5.75 Å². The molecule has 0 aromatic heterocycles. The van der Waals surface area contributed by atoms with Gasteiger partial charge in [0.25, 0.3) is 0 Å². The first-order valence-electron chi connectivity index (χ1n) is 3.65. The smallest absolute Gasteiger partial charge is 0.496 e. The molecule has 0 aliphatic heterocycles. The fraction of sp³-hybridized carbons (Fsp3) is 0.250. The molecular weight excluding hydrogens is 191 g/mol. The zero-order valence-corrected chi connectivity index (χ0v) is 8.03. The Kier molecular flexibility index (Phi) is 3.83. The van der Waals surface area contributed by atoms with Crippen molar-refractivity contribution in [2.75, 3.05) is 7.11 Å². The van der Waals surface area contributed by atoms with Crippen molar-refractivity contribution in [3.05, 3.63) is 29.8 Å². The van der Waals surface area contributed by atoms with E-state index in [1.165, 1.54) is 7.11 Å². The Labute approximate surface area is 77.1 Å². The van der Waals surface area contributed by atoms with Crippen molar-refractivity contribution in [2.24, 2.45) is 0 Å². The third-order valence-corrected chi connectivity index (χ3v) is 1.87. The van der Waals surface area contributed by atoms with Crippen LogP contribution in [0.25, 0.3) is 0 Å². The second-order valence-electron chi connectivity index (χ2n) is 2.32. The summed E-state index contributed by atoms with van der Waals surface area (Å²) in [5.74, 6) is 0.652. The van der Waals surface area contributed by atoms with Crippen LogP contribution in [-0.2, 0) is 15.7 Å². The number of ether oxygens (including phenoxy) is 1. The summed E-state index contributed by atoms with van der Waals surface area (Å²) in [6.07, 6.45) is 0. The summed E-state index contributed by atoms with van der Waals surface area (Å²) in [7, 11) is -1.01. The summed E-state index contributed by atoms with van der Waals surface area (Å²) in [5.41, 5.74) is 0.752. The molecular formula is C8H10O4P+. The van der Waals surface area contributed by atoms with Crippen molar-refractivity contribution >= 4 is 8.25 Å². The predicted molar refractivity (Wildman–Crippen MR) is 47.6 cm³/mol. The largest absolute Gasteiger partial charge is 0.695 e. The van der Waals surface area contributed by atoms with Crippen LogP contribution < -0.4 is 4.74 Å². The Hall–Kier alpha value is -0.960. The number of rotatable bonds is 4. The lowest BCUT2D eigenvalue weighted by atomic mass is 10.2. The maximum atomic E-state index is 10.3. The summed E-state index contributed by atoms with van der Waals surface area (Å²) in [6.45, 7) is 0.0791. The highest BCUT2D eigenvalue weighted by atomic mass is 31.1. The van der Waals surface area contributed by atoms with E-state index in [9.17, 15) is 4.57 Å². The third kappa shape index (κ3) is 3.11. The molecule has 1 unspecified atom stereocenters. The SMILES string of the molecule is COc1ccccc1CO[P+](=O)O. The van der Waals surface area contributed by atoms with Gasteiger partial charge in [-0.25, -0.2) is 0 Å². The molecule has 13 heavy (non-hydrogen) atoms. The van der Waals surface area contributed by atoms with Gasteiger partial charge in [-0.1, -0.05) is 18.2 Å². The van der Waals surface area contributed by atoms with Crippen LogP contribution in [-0.4, -0.2) is 12.0 Å². The monoisotopic (exact) mass is 201 g/mol. The summed E-state index contributed by atoms with van der Waals surface area (Å²) in [6, 6.07) is 7.17. The van der Waals surface area contributed by atoms with E-state index in [-0.39, 0.29) is 6.61 Å². The molecule has 1 N–H and O–H groups in total. The van der Waals surface area contributed by atoms with Crippen LogP contribution in [0.4, 0.5) is 0 Å². The van der Waals surface area contributed by atoms with Gasteiger partial charge in [-0.2, -0.15) is 0 Å². The molecule has 4 nitrogen and oxygen atoms in total. The van der Waals surface area contributed by atoms with Crippen molar-refractivity contribution in [1.82, 2.24) is 0 Å². The van der Waals surface area contributed by atoms with E-state index in [4.69, 9.17) is 9.63 Å². The normalized spacial score (nSPS) is 11.1. The Balaban J connectivity index is 2.69. The summed E-state index contributed by atoms with van der Waals surface area (Å²) in [5, 5.41) is 0. The molecule has 0 amide bonds. The zero-order chi connectivity index (χ0) is 9.68. The Morgan fingerprint density at radius 3 is 2.77 bits per heavy atom. The molecule has 0 spiro atoms. The van der Waals surface area contributed by atoms with Crippen LogP contribution in [0, 0.1) is 0 Å². The van der Waals surface area contributed by atoms with Gasteiger partial charge in [0.15, 0.2) is 0 Å². The van der Waals surface area contributed by atoms with Gasteiger partial charge in [0, 0.05) is 10.1 Å². The number of hydrogen-bond acceptors (Lipinski definition) is 3. The first kappa shape index (κ1) is 10.1. The first-order valence-corrected chi connectivity index (χ1v) is 4.78. The Bertz CT molecular complexity index is 300. The Morgan fingerprint density at radius 2 is 2.15 bits per heavy atom. The lowest BCUT2D eigenvalue weighted by Gasteiger charge is -2.03. The van der Waals surface area contributed by atoms with E-state index in [0.29, 0.717) is 5.75 Å². The first-order chi connectivity index (χ1) is 6.24. The minimum absolute atomic E-state index is 0.0791. The van der Waals surface area contributed by atoms with Crippen LogP contribution in [0.3, 0.4) is 0 Å². The molecule has 1 rings (SSSR count). The van der Waals surface area contributed by atoms with Gasteiger partial charge < -0.3 is 4.74 Å². The van der Waals surface area contributed by atoms with E-state index in [0.717, 1.165) is 5.56 Å². The average molecular weight is 201 g/mol. The second kappa shape index (κ2) is 4.92. The van der Waals surface area contributed by atoms with E-state index in [2.05, 4.69) is 4.52 Å². The van der Waals surface area contributed by atoms with Gasteiger partial charge in [-0.15, -0.1) is 9.42 Å². The highest BCUT2D eigenvalue weighted by Crippen LogP contribution is 2.23. The van der Waals surface area contributed by atoms with E-state index >= 15 is 0 Å². The van der Waals surface area contributed by atoms with Crippen molar-refractivity contribution in [2.45, 2.75) is 6.61 Å². The summed E-state index contributed by atoms with van der Waals surface area (Å²) in [4.78, 5) is 8.42. The highest BCUT2D eigenvalue weighted by molar-refractivity contribution is 7.32. The third-order valence-electron chi connectivity index (χ3n) is 1.52. The van der Waals surface area contributed by atoms with Crippen LogP contribution in [0.15, 0.2) is 24.3 Å². The van der Waals surface area contributed by atoms with E-state index in [1.807, 2.05) is 12.1 Å². The topological polar surface area (TPSA) is 55.8 Å². The highest BCUT2D eigenvalue weighted by Gasteiger charge is 2.13. The minimum atomic E-state index is -2.55. The number of methoxy groups -OCH3 is 1. The lowest BCUT2D eigenvalue weighted by molar-refractivity contribution is 0.267. The maximum Gasteiger partial charge on any atom is 0.695 e. The number of benzene rings is 1. The molecule has 0 fully saturated rings. The minimum Gasteiger partial charge on any atom is -0.496 e. The van der Waals surface area contributed by atoms with Gasteiger partial charge >= 0.3 is 8.25 Å². The molecule has 0 heterocycles. The van der Waals surface area contributed by atoms with Crippen LogP contribution >= 0.6 is 8.25 Å². The molecule has 1 aromatic carbocycles. The molecule has 5 heteroatoms. The van der Waals surface area contributed by atoms with Crippen molar-refractivity contribution in [1.29, 1.82) is 0 Å². The van der Waals surface area contributed by atoms with Gasteiger partial charge in [0.1, 0.15) is 12.4 Å². The number of hydrogen-bond donors (Lipinski definition) is 1. The van der Waals surface area contributed by atoms with Gasteiger partial charge in [0.2, 0.25) is 0 Å². The standard InChI is InChI=1S/C8H9O4P/c1-11-8-5-3-2-4-7(8)6-12-13(9)10/h2-5H,6H2,1H3/p+1. The summed E-state index contributed by atoms with van der Waals surface area (Å²) >= 11 is 0. The Morgan fingerprint density at radius 1 is 1.46 bits per heavy atom. The van der Waals surface area contributed by atoms with Crippen molar-refractivity contribution in [3.63, 3.8) is 0 Å². The van der Waals surface area contributed by atoms with Crippen LogP contribution in [0.2, 0.25) is 0 Å². The number of para-hydroxylation sites is 1. The molecule has 0 aliphatic rings. The van der Waals surface area contributed by atoms with Gasteiger partial charge in [-0.05, 0) is 6.07 Å². The van der Waals surface area contributed by atoms with E-state index in [1.54, 1.807) is 12.1 Å². The van der Waals surface area contributed by atoms with Gasteiger partial charge in [0.05, 0.1) is 7.11 Å². The fourth-order valence-electron chi connectivity index (χ4n) is 0.947. The van der Waals surface area contributed by atoms with Gasteiger partial charge in [-0.3, -0.25) is 0 Å². The lowest BCUT2D eigenvalue weighted by Crippen LogP contribution is -1.91. The van der Waals surface area contributed by atoms with Crippen molar-refractivity contribution < 1.29 is 18.7 Å². The predicted octanol–water partition coefficient (Wildman–Crippen LogP) is 1.86. The molecule has 0 aliphatic carbocycles. The average Bonchev–Trinajstić information content (AvgIpc) is 2.15. The molecule has 0 bridgehead atoms. The van der Waals surface area contributed by atoms with E-state index < -0.39 is 8.25 Å². The van der Waals surface area contributed by atoms with Crippen LogP contribution in [0.1, 0.15) is 5.56 Å². The second-order valence-corrected chi connectivity index (χ2v) is 3.06. The fourth-order valence-corrected chi connectivity index (χ4v) is 1.20. The molecule has 0 saturated carbocycles. The maximum absolute atomic E-state index is 10.3. The summed E-state index contributed by atoms with van der Waals surface area (Å²) < 4.78 is 19.8. The quantitative estimate of drug-likeness (QED) is 0.755. The molecule has 1 aromatic rings. The molecule has 0 radical (unpaired) electrons. The zero-order valence-electron chi connectivity index (χ0n) is 7.14. The molecule has 70 valence electrons. The van der Waals surface area contributed by atoms with Crippen LogP contribution in [0.5, 0.6) is 5.75 Å². The molecule has 0 saturated heterocycles. The molecule has 1 atom stereocenters.